The second-order valence-electron chi connectivity index (χ2n) is 3.84. The Kier molecular flexibility index (Phi) is 2.33. The molecule has 3 heteroatoms. The van der Waals surface area contributed by atoms with Crippen molar-refractivity contribution in [2.45, 2.75) is 33.1 Å². The van der Waals surface area contributed by atoms with Gasteiger partial charge in [0.25, 0.3) is 0 Å². The first-order valence-electron chi connectivity index (χ1n) is 3.88. The van der Waals surface area contributed by atoms with Crippen molar-refractivity contribution in [1.82, 2.24) is 4.98 Å². The lowest BCUT2D eigenvalue weighted by Gasteiger charge is -2.12. The number of aromatic nitrogens is 1. The van der Waals surface area contributed by atoms with Crippen LogP contribution in [0.2, 0.25) is 0 Å². The summed E-state index contributed by atoms with van der Waals surface area (Å²) < 4.78 is 5.46. The summed E-state index contributed by atoms with van der Waals surface area (Å²) in [5.74, 6) is 1.44. The van der Waals surface area contributed by atoms with Crippen LogP contribution in [0, 0.1) is 0 Å². The largest absolute Gasteiger partial charge is 0.440 e. The zero-order chi connectivity index (χ0) is 9.35. The molecular formula is C9H13NOS. The van der Waals surface area contributed by atoms with E-state index in [1.807, 2.05) is 6.92 Å². The minimum Gasteiger partial charge on any atom is -0.440 e. The quantitative estimate of drug-likeness (QED) is 0.494. The van der Waals surface area contributed by atoms with Gasteiger partial charge in [-0.3, -0.25) is 0 Å². The van der Waals surface area contributed by atoms with Gasteiger partial charge in [-0.1, -0.05) is 33.0 Å². The molecule has 12 heavy (non-hydrogen) atoms. The van der Waals surface area contributed by atoms with Crippen molar-refractivity contribution in [3.63, 3.8) is 0 Å². The highest BCUT2D eigenvalue weighted by atomic mass is 32.1. The van der Waals surface area contributed by atoms with E-state index in [-0.39, 0.29) is 5.41 Å². The fourth-order valence-corrected chi connectivity index (χ4v) is 0.878. The van der Waals surface area contributed by atoms with E-state index >= 15 is 0 Å². The number of nitrogens with zero attached hydrogens (tertiary/aromatic N) is 1. The van der Waals surface area contributed by atoms with Crippen LogP contribution in [0.5, 0.6) is 0 Å². The summed E-state index contributed by atoms with van der Waals surface area (Å²) >= 11 is 4.94. The van der Waals surface area contributed by atoms with E-state index in [9.17, 15) is 0 Å². The lowest BCUT2D eigenvalue weighted by molar-refractivity contribution is 0.404. The molecule has 0 unspecified atom stereocenters. The highest BCUT2D eigenvalue weighted by Crippen LogP contribution is 2.22. The van der Waals surface area contributed by atoms with Crippen molar-refractivity contribution >= 4 is 17.1 Å². The summed E-state index contributed by atoms with van der Waals surface area (Å²) in [5, 5.41) is 0. The molecule has 0 aliphatic carbocycles. The summed E-state index contributed by atoms with van der Waals surface area (Å²) in [5.41, 5.74) is 0.00995. The molecule has 1 heterocycles. The Morgan fingerprint density at radius 3 is 2.33 bits per heavy atom. The molecule has 0 N–H and O–H groups in total. The van der Waals surface area contributed by atoms with Gasteiger partial charge in [0.1, 0.15) is 5.76 Å². The van der Waals surface area contributed by atoms with Crippen molar-refractivity contribution in [2.24, 2.45) is 0 Å². The van der Waals surface area contributed by atoms with Crippen LogP contribution in [-0.2, 0) is 5.41 Å². The first-order chi connectivity index (χ1) is 5.41. The predicted molar refractivity (Wildman–Crippen MR) is 52.6 cm³/mol. The first-order valence-corrected chi connectivity index (χ1v) is 4.29. The highest BCUT2D eigenvalue weighted by molar-refractivity contribution is 7.80. The molecule has 1 aromatic heterocycles. The Hall–Kier alpha value is -0.700. The number of oxazole rings is 1. The van der Waals surface area contributed by atoms with E-state index in [0.29, 0.717) is 10.8 Å². The Labute approximate surface area is 78.0 Å². The molecule has 0 saturated heterocycles. The molecule has 0 radical (unpaired) electrons. The van der Waals surface area contributed by atoms with Crippen molar-refractivity contribution in [3.05, 3.63) is 17.8 Å². The summed E-state index contributed by atoms with van der Waals surface area (Å²) in [6.07, 6.45) is 1.74. The molecule has 0 saturated carbocycles. The van der Waals surface area contributed by atoms with E-state index in [1.165, 1.54) is 0 Å². The third kappa shape index (κ3) is 1.91. The van der Waals surface area contributed by atoms with Gasteiger partial charge in [-0.2, -0.15) is 0 Å². The van der Waals surface area contributed by atoms with Crippen LogP contribution in [0.4, 0.5) is 0 Å². The number of rotatable bonds is 1. The predicted octanol–water partition coefficient (Wildman–Crippen LogP) is 2.71. The standard InChI is InChI=1S/C9H13NOS/c1-6(12)8-10-5-7(11-8)9(2,3)4/h5H,1-4H3. The second kappa shape index (κ2) is 2.98. The minimum absolute atomic E-state index is 0.00995. The SMILES string of the molecule is CC(=S)c1ncc(C(C)(C)C)o1. The molecule has 2 nitrogen and oxygen atoms in total. The topological polar surface area (TPSA) is 26.0 Å². The third-order valence-corrected chi connectivity index (χ3v) is 1.72. The van der Waals surface area contributed by atoms with Gasteiger partial charge in [0.15, 0.2) is 0 Å². The molecule has 0 amide bonds. The first kappa shape index (κ1) is 9.39. The summed E-state index contributed by atoms with van der Waals surface area (Å²) in [6, 6.07) is 0. The summed E-state index contributed by atoms with van der Waals surface area (Å²) in [7, 11) is 0. The van der Waals surface area contributed by atoms with Crippen molar-refractivity contribution < 1.29 is 4.42 Å². The molecule has 0 bridgehead atoms. The monoisotopic (exact) mass is 183 g/mol. The van der Waals surface area contributed by atoms with Crippen LogP contribution in [0.15, 0.2) is 10.6 Å². The minimum atomic E-state index is 0.00995. The Balaban J connectivity index is 3.00. The Morgan fingerprint density at radius 1 is 1.50 bits per heavy atom. The van der Waals surface area contributed by atoms with E-state index in [0.717, 1.165) is 5.76 Å². The molecule has 1 aromatic rings. The molecule has 1 rings (SSSR count). The molecule has 66 valence electrons. The maximum absolute atomic E-state index is 5.46. The molecule has 0 fully saturated rings. The fourth-order valence-electron chi connectivity index (χ4n) is 0.784. The third-order valence-electron chi connectivity index (χ3n) is 1.55. The van der Waals surface area contributed by atoms with Gasteiger partial charge in [0.2, 0.25) is 5.89 Å². The molecule has 0 spiro atoms. The van der Waals surface area contributed by atoms with Crippen LogP contribution in [0.25, 0.3) is 0 Å². The zero-order valence-electron chi connectivity index (χ0n) is 7.84. The number of hydrogen-bond acceptors (Lipinski definition) is 3. The maximum Gasteiger partial charge on any atom is 0.232 e. The maximum atomic E-state index is 5.46. The molecule has 0 aliphatic rings. The van der Waals surface area contributed by atoms with Crippen LogP contribution in [0.3, 0.4) is 0 Å². The van der Waals surface area contributed by atoms with Crippen LogP contribution >= 0.6 is 12.2 Å². The summed E-state index contributed by atoms with van der Waals surface area (Å²) in [6.45, 7) is 8.05. The average molecular weight is 183 g/mol. The lowest BCUT2D eigenvalue weighted by atomic mass is 9.94. The van der Waals surface area contributed by atoms with E-state index in [4.69, 9.17) is 16.6 Å². The van der Waals surface area contributed by atoms with Gasteiger partial charge in [0.05, 0.1) is 11.1 Å². The molecular weight excluding hydrogens is 170 g/mol. The van der Waals surface area contributed by atoms with Gasteiger partial charge >= 0.3 is 0 Å². The second-order valence-corrected chi connectivity index (χ2v) is 4.45. The highest BCUT2D eigenvalue weighted by Gasteiger charge is 2.19. The average Bonchev–Trinajstić information content (AvgIpc) is 2.30. The van der Waals surface area contributed by atoms with Crippen molar-refractivity contribution in [2.75, 3.05) is 0 Å². The van der Waals surface area contributed by atoms with Crippen molar-refractivity contribution in [1.29, 1.82) is 0 Å². The van der Waals surface area contributed by atoms with Crippen molar-refractivity contribution in [3.8, 4) is 0 Å². The number of hydrogen-bond donors (Lipinski definition) is 0. The van der Waals surface area contributed by atoms with E-state index in [1.54, 1.807) is 6.20 Å². The van der Waals surface area contributed by atoms with Gasteiger partial charge in [-0.15, -0.1) is 0 Å². The molecule has 0 aromatic carbocycles. The molecule has 0 aliphatic heterocycles. The van der Waals surface area contributed by atoms with Crippen LogP contribution in [-0.4, -0.2) is 9.85 Å². The van der Waals surface area contributed by atoms with Crippen LogP contribution < -0.4 is 0 Å². The van der Waals surface area contributed by atoms with Gasteiger partial charge < -0.3 is 4.42 Å². The Bertz CT molecular complexity index is 296. The lowest BCUT2D eigenvalue weighted by Crippen LogP contribution is -2.09. The summed E-state index contributed by atoms with van der Waals surface area (Å²) in [4.78, 5) is 4.77. The normalized spacial score (nSPS) is 11.7. The van der Waals surface area contributed by atoms with E-state index in [2.05, 4.69) is 25.8 Å². The zero-order valence-corrected chi connectivity index (χ0v) is 8.66. The van der Waals surface area contributed by atoms with Gasteiger partial charge in [-0.25, -0.2) is 4.98 Å². The van der Waals surface area contributed by atoms with Crippen LogP contribution in [0.1, 0.15) is 39.3 Å². The number of thiocarbonyl (C=S) groups is 1. The smallest absolute Gasteiger partial charge is 0.232 e. The van der Waals surface area contributed by atoms with Gasteiger partial charge in [0, 0.05) is 5.41 Å². The van der Waals surface area contributed by atoms with E-state index < -0.39 is 0 Å². The van der Waals surface area contributed by atoms with Gasteiger partial charge in [-0.05, 0) is 6.92 Å². The molecule has 0 atom stereocenters. The Morgan fingerprint density at radius 2 is 2.08 bits per heavy atom. The fraction of sp³-hybridized carbons (Fsp3) is 0.556.